The summed E-state index contributed by atoms with van der Waals surface area (Å²) >= 11 is 0. The van der Waals surface area contributed by atoms with Gasteiger partial charge in [0, 0.05) is 6.20 Å². The van der Waals surface area contributed by atoms with Crippen molar-refractivity contribution in [3.8, 4) is 0 Å². The molecule has 0 saturated carbocycles. The molecule has 0 aliphatic carbocycles. The van der Waals surface area contributed by atoms with Gasteiger partial charge >= 0.3 is 0 Å². The van der Waals surface area contributed by atoms with Crippen molar-refractivity contribution in [1.29, 1.82) is 0 Å². The van der Waals surface area contributed by atoms with Crippen LogP contribution in [0.5, 0.6) is 0 Å². The fourth-order valence-electron chi connectivity index (χ4n) is 2.02. The molecule has 20 heavy (non-hydrogen) atoms. The number of nitrogens with one attached hydrogen (secondary N) is 1. The molecule has 0 aliphatic heterocycles. The molecule has 0 saturated heterocycles. The molecule has 2 rings (SSSR count). The van der Waals surface area contributed by atoms with Crippen LogP contribution in [0.2, 0.25) is 0 Å². The monoisotopic (exact) mass is 277 g/mol. The van der Waals surface area contributed by atoms with Crippen molar-refractivity contribution < 1.29 is 9.90 Å². The Hall–Kier alpha value is -2.02. The number of carbonyl (C=O) groups is 1. The van der Waals surface area contributed by atoms with Crippen LogP contribution in [-0.4, -0.2) is 43.2 Å². The second-order valence-corrected chi connectivity index (χ2v) is 4.95. The van der Waals surface area contributed by atoms with Gasteiger partial charge < -0.3 is 10.4 Å². The van der Waals surface area contributed by atoms with Crippen LogP contribution in [0.4, 0.5) is 0 Å². The molecular weight excluding hydrogens is 258 g/mol. The van der Waals surface area contributed by atoms with Crippen molar-refractivity contribution in [1.82, 2.24) is 24.9 Å². The van der Waals surface area contributed by atoms with Crippen LogP contribution in [0.1, 0.15) is 36.8 Å². The van der Waals surface area contributed by atoms with Crippen molar-refractivity contribution in [2.24, 2.45) is 5.92 Å². The summed E-state index contributed by atoms with van der Waals surface area (Å²) in [5, 5.41) is 16.2. The zero-order chi connectivity index (χ0) is 14.7. The van der Waals surface area contributed by atoms with E-state index in [1.807, 2.05) is 20.8 Å². The predicted octanol–water partition coefficient (Wildman–Crippen LogP) is 0.433. The van der Waals surface area contributed by atoms with Gasteiger partial charge in [0.15, 0.2) is 0 Å². The molecule has 7 heteroatoms. The Kier molecular flexibility index (Phi) is 4.29. The van der Waals surface area contributed by atoms with E-state index in [1.54, 1.807) is 4.52 Å². The Labute approximate surface area is 117 Å². The number of hydrogen-bond acceptors (Lipinski definition) is 5. The van der Waals surface area contributed by atoms with E-state index in [2.05, 4.69) is 20.4 Å². The Morgan fingerprint density at radius 1 is 1.45 bits per heavy atom. The highest BCUT2D eigenvalue weighted by atomic mass is 16.3. The molecule has 2 N–H and O–H groups in total. The number of aryl methyl sites for hydroxylation is 1. The van der Waals surface area contributed by atoms with Gasteiger partial charge in [0.2, 0.25) is 0 Å². The fourth-order valence-corrected chi connectivity index (χ4v) is 2.02. The van der Waals surface area contributed by atoms with Gasteiger partial charge in [-0.1, -0.05) is 20.8 Å². The van der Waals surface area contributed by atoms with Crippen LogP contribution in [-0.2, 0) is 6.42 Å². The minimum absolute atomic E-state index is 0.0934. The van der Waals surface area contributed by atoms with Crippen LogP contribution in [0.3, 0.4) is 0 Å². The average molecular weight is 277 g/mol. The van der Waals surface area contributed by atoms with Crippen LogP contribution in [0.15, 0.2) is 12.5 Å². The zero-order valence-electron chi connectivity index (χ0n) is 11.9. The first-order chi connectivity index (χ1) is 9.58. The molecule has 1 amide bonds. The number of amides is 1. The van der Waals surface area contributed by atoms with Gasteiger partial charge in [-0.2, -0.15) is 10.1 Å². The van der Waals surface area contributed by atoms with E-state index in [-0.39, 0.29) is 24.5 Å². The third-order valence-corrected chi connectivity index (χ3v) is 3.30. The average Bonchev–Trinajstić information content (AvgIpc) is 2.91. The number of aromatic nitrogens is 4. The number of fused-ring (bicyclic) bond motifs is 1. The molecule has 0 bridgehead atoms. The van der Waals surface area contributed by atoms with E-state index in [9.17, 15) is 9.90 Å². The van der Waals surface area contributed by atoms with Crippen LogP contribution in [0.25, 0.3) is 5.78 Å². The number of rotatable bonds is 5. The summed E-state index contributed by atoms with van der Waals surface area (Å²) in [6.07, 6.45) is 3.55. The van der Waals surface area contributed by atoms with Crippen molar-refractivity contribution in [2.75, 3.05) is 6.61 Å². The third-order valence-electron chi connectivity index (χ3n) is 3.30. The SMILES string of the molecule is CCc1c(C(=O)NC(CO)C(C)C)cnc2ncnn12. The maximum absolute atomic E-state index is 12.3. The lowest BCUT2D eigenvalue weighted by Crippen LogP contribution is -2.41. The third kappa shape index (κ3) is 2.62. The standard InChI is InChI=1S/C13H19N5O2/c1-4-11-9(5-14-13-15-7-16-18(11)13)12(20)17-10(6-19)8(2)3/h5,7-8,10,19H,4,6H2,1-3H3,(H,17,20). The molecule has 108 valence electrons. The summed E-state index contributed by atoms with van der Waals surface area (Å²) in [4.78, 5) is 20.5. The van der Waals surface area contributed by atoms with Crippen molar-refractivity contribution >= 4 is 11.7 Å². The second kappa shape index (κ2) is 5.96. The maximum atomic E-state index is 12.3. The molecule has 0 radical (unpaired) electrons. The van der Waals surface area contributed by atoms with Crippen LogP contribution in [0, 0.1) is 5.92 Å². The van der Waals surface area contributed by atoms with Gasteiger partial charge in [0.05, 0.1) is 23.9 Å². The molecule has 2 heterocycles. The van der Waals surface area contributed by atoms with Crippen molar-refractivity contribution in [3.05, 3.63) is 23.8 Å². The zero-order valence-corrected chi connectivity index (χ0v) is 11.9. The molecule has 0 aromatic carbocycles. The lowest BCUT2D eigenvalue weighted by atomic mass is 10.0. The number of aliphatic hydroxyl groups excluding tert-OH is 1. The largest absolute Gasteiger partial charge is 0.394 e. The lowest BCUT2D eigenvalue weighted by Gasteiger charge is -2.20. The van der Waals surface area contributed by atoms with E-state index >= 15 is 0 Å². The van der Waals surface area contributed by atoms with Gasteiger partial charge in [-0.05, 0) is 12.3 Å². The Balaban J connectivity index is 2.34. The number of nitrogens with zero attached hydrogens (tertiary/aromatic N) is 4. The highest BCUT2D eigenvalue weighted by Gasteiger charge is 2.20. The Morgan fingerprint density at radius 2 is 2.20 bits per heavy atom. The molecule has 0 aliphatic rings. The number of carbonyl (C=O) groups excluding carboxylic acids is 1. The molecule has 2 aromatic rings. The first-order valence-electron chi connectivity index (χ1n) is 6.67. The maximum Gasteiger partial charge on any atom is 0.255 e. The Bertz CT molecular complexity index is 608. The summed E-state index contributed by atoms with van der Waals surface area (Å²) in [5.41, 5.74) is 1.22. The fraction of sp³-hybridized carbons (Fsp3) is 0.538. The summed E-state index contributed by atoms with van der Waals surface area (Å²) in [7, 11) is 0. The van der Waals surface area contributed by atoms with E-state index in [1.165, 1.54) is 12.5 Å². The van der Waals surface area contributed by atoms with E-state index in [4.69, 9.17) is 0 Å². The first-order valence-corrected chi connectivity index (χ1v) is 6.67. The second-order valence-electron chi connectivity index (χ2n) is 4.95. The summed E-state index contributed by atoms with van der Waals surface area (Å²) in [5.74, 6) is 0.373. The highest BCUT2D eigenvalue weighted by molar-refractivity contribution is 5.95. The number of aliphatic hydroxyl groups is 1. The van der Waals surface area contributed by atoms with E-state index in [0.717, 1.165) is 5.69 Å². The summed E-state index contributed by atoms with van der Waals surface area (Å²) in [6.45, 7) is 5.74. The van der Waals surface area contributed by atoms with Crippen molar-refractivity contribution in [3.63, 3.8) is 0 Å². The predicted molar refractivity (Wildman–Crippen MR) is 73.3 cm³/mol. The van der Waals surface area contributed by atoms with Gasteiger partial charge in [0.1, 0.15) is 6.33 Å². The van der Waals surface area contributed by atoms with Gasteiger partial charge in [-0.3, -0.25) is 4.79 Å². The minimum Gasteiger partial charge on any atom is -0.394 e. The van der Waals surface area contributed by atoms with Gasteiger partial charge in [-0.15, -0.1) is 0 Å². The first kappa shape index (κ1) is 14.4. The van der Waals surface area contributed by atoms with E-state index < -0.39 is 0 Å². The molecular formula is C13H19N5O2. The molecule has 1 unspecified atom stereocenters. The van der Waals surface area contributed by atoms with Gasteiger partial charge in [-0.25, -0.2) is 9.50 Å². The molecule has 2 aromatic heterocycles. The number of hydrogen-bond donors (Lipinski definition) is 2. The molecule has 0 spiro atoms. The summed E-state index contributed by atoms with van der Waals surface area (Å²) < 4.78 is 1.57. The summed E-state index contributed by atoms with van der Waals surface area (Å²) in [6, 6.07) is -0.279. The molecule has 7 nitrogen and oxygen atoms in total. The quantitative estimate of drug-likeness (QED) is 0.827. The van der Waals surface area contributed by atoms with Gasteiger partial charge in [0.25, 0.3) is 11.7 Å². The lowest BCUT2D eigenvalue weighted by molar-refractivity contribution is 0.0895. The molecule has 1 atom stereocenters. The van der Waals surface area contributed by atoms with Crippen LogP contribution >= 0.6 is 0 Å². The van der Waals surface area contributed by atoms with Crippen molar-refractivity contribution in [2.45, 2.75) is 33.2 Å². The van der Waals surface area contributed by atoms with Crippen LogP contribution < -0.4 is 5.32 Å². The Morgan fingerprint density at radius 3 is 2.80 bits per heavy atom. The normalized spacial score (nSPS) is 12.8. The highest BCUT2D eigenvalue weighted by Crippen LogP contribution is 2.11. The topological polar surface area (TPSA) is 92.4 Å². The molecule has 0 fully saturated rings. The van der Waals surface area contributed by atoms with E-state index in [0.29, 0.717) is 17.8 Å². The minimum atomic E-state index is -0.279. The smallest absolute Gasteiger partial charge is 0.255 e.